The van der Waals surface area contributed by atoms with Crippen LogP contribution in [0.3, 0.4) is 0 Å². The van der Waals surface area contributed by atoms with Crippen LogP contribution in [0.1, 0.15) is 39.2 Å². The van der Waals surface area contributed by atoms with Crippen molar-refractivity contribution in [1.82, 2.24) is 4.90 Å². The zero-order valence-electron chi connectivity index (χ0n) is 16.2. The van der Waals surface area contributed by atoms with Crippen LogP contribution in [0, 0.1) is 5.82 Å². The van der Waals surface area contributed by atoms with Gasteiger partial charge in [-0.2, -0.15) is 0 Å². The maximum absolute atomic E-state index is 14.0. The molecule has 148 valence electrons. The van der Waals surface area contributed by atoms with E-state index in [-0.39, 0.29) is 17.8 Å². The van der Waals surface area contributed by atoms with Crippen molar-refractivity contribution in [3.8, 4) is 11.1 Å². The number of imide groups is 1. The summed E-state index contributed by atoms with van der Waals surface area (Å²) in [5.41, 5.74) is 1.45. The summed E-state index contributed by atoms with van der Waals surface area (Å²) in [4.78, 5) is 25.8. The van der Waals surface area contributed by atoms with Gasteiger partial charge >= 0.3 is 6.09 Å². The lowest BCUT2D eigenvalue weighted by Gasteiger charge is -2.27. The van der Waals surface area contributed by atoms with E-state index in [2.05, 4.69) is 0 Å². The molecule has 0 aromatic heterocycles. The number of rotatable bonds is 3. The van der Waals surface area contributed by atoms with Gasteiger partial charge in [-0.15, -0.1) is 0 Å². The molecule has 2 amide bonds. The predicted octanol–water partition coefficient (Wildman–Crippen LogP) is 5.61. The van der Waals surface area contributed by atoms with E-state index < -0.39 is 11.7 Å². The minimum atomic E-state index is -0.660. The number of carbonyl (C=O) groups excluding carboxylic acids is 2. The highest BCUT2D eigenvalue weighted by molar-refractivity contribution is 6.30. The SMILES string of the molecule is CC(C)(C)OC(=O)N1C(=O)CC[C@H]1Cc1ccc(-c2cc(Cl)ccc2F)cc1. The number of amides is 2. The maximum atomic E-state index is 14.0. The van der Waals surface area contributed by atoms with E-state index in [1.54, 1.807) is 26.8 Å². The van der Waals surface area contributed by atoms with E-state index in [1.807, 2.05) is 24.3 Å². The second-order valence-electron chi connectivity index (χ2n) is 7.96. The number of hydrogen-bond acceptors (Lipinski definition) is 3. The molecule has 0 N–H and O–H groups in total. The van der Waals surface area contributed by atoms with Crippen LogP contribution in [0.15, 0.2) is 42.5 Å². The zero-order valence-corrected chi connectivity index (χ0v) is 16.9. The summed E-state index contributed by atoms with van der Waals surface area (Å²) in [6.45, 7) is 5.32. The minimum Gasteiger partial charge on any atom is -0.443 e. The smallest absolute Gasteiger partial charge is 0.417 e. The molecule has 4 nitrogen and oxygen atoms in total. The standard InChI is InChI=1S/C22H23ClFNO3/c1-22(2,3)28-21(27)25-17(9-11-20(25)26)12-14-4-6-15(7-5-14)18-13-16(23)8-10-19(18)24/h4-8,10,13,17H,9,11-12H2,1-3H3/t17-/m0/s1. The Labute approximate surface area is 169 Å². The Kier molecular flexibility index (Phi) is 5.75. The minimum absolute atomic E-state index is 0.211. The summed E-state index contributed by atoms with van der Waals surface area (Å²) in [6.07, 6.45) is 0.861. The fourth-order valence-electron chi connectivity index (χ4n) is 3.31. The summed E-state index contributed by atoms with van der Waals surface area (Å²) in [6, 6.07) is 11.6. The van der Waals surface area contributed by atoms with Crippen LogP contribution < -0.4 is 0 Å². The van der Waals surface area contributed by atoms with Crippen LogP contribution >= 0.6 is 11.6 Å². The molecule has 0 saturated carbocycles. The molecule has 3 rings (SSSR count). The van der Waals surface area contributed by atoms with Gasteiger partial charge in [0, 0.05) is 23.0 Å². The van der Waals surface area contributed by atoms with Crippen molar-refractivity contribution in [1.29, 1.82) is 0 Å². The van der Waals surface area contributed by atoms with Crippen molar-refractivity contribution in [3.63, 3.8) is 0 Å². The van der Waals surface area contributed by atoms with Gasteiger partial charge in [0.2, 0.25) is 5.91 Å². The predicted molar refractivity (Wildman–Crippen MR) is 107 cm³/mol. The molecule has 1 aliphatic rings. The van der Waals surface area contributed by atoms with Gasteiger partial charge in [0.15, 0.2) is 0 Å². The van der Waals surface area contributed by atoms with E-state index in [0.29, 0.717) is 29.8 Å². The van der Waals surface area contributed by atoms with Crippen LogP contribution in [0.5, 0.6) is 0 Å². The first-order chi connectivity index (χ1) is 13.1. The lowest BCUT2D eigenvalue weighted by Crippen LogP contribution is -2.43. The van der Waals surface area contributed by atoms with Crippen LogP contribution in [0.25, 0.3) is 11.1 Å². The van der Waals surface area contributed by atoms with Gasteiger partial charge in [-0.1, -0.05) is 35.9 Å². The summed E-state index contributed by atoms with van der Waals surface area (Å²) in [5, 5.41) is 0.470. The molecule has 2 aromatic carbocycles. The lowest BCUT2D eigenvalue weighted by molar-refractivity contribution is -0.128. The number of ether oxygens (including phenoxy) is 1. The molecule has 0 spiro atoms. The van der Waals surface area contributed by atoms with Gasteiger partial charge in [-0.05, 0) is 62.9 Å². The Bertz CT molecular complexity index is 890. The largest absolute Gasteiger partial charge is 0.443 e. The molecule has 6 heteroatoms. The van der Waals surface area contributed by atoms with Crippen molar-refractivity contribution in [2.24, 2.45) is 0 Å². The third kappa shape index (κ3) is 4.71. The van der Waals surface area contributed by atoms with Crippen molar-refractivity contribution in [3.05, 3.63) is 58.9 Å². The number of likely N-dealkylation sites (tertiary alicyclic amines) is 1. The molecule has 0 bridgehead atoms. The third-order valence-electron chi connectivity index (χ3n) is 4.58. The maximum Gasteiger partial charge on any atom is 0.417 e. The van der Waals surface area contributed by atoms with Gasteiger partial charge in [0.05, 0.1) is 0 Å². The molecule has 1 atom stereocenters. The fraction of sp³-hybridized carbons (Fsp3) is 0.364. The number of carbonyl (C=O) groups is 2. The Hall–Kier alpha value is -2.40. The molecule has 1 saturated heterocycles. The molecule has 2 aromatic rings. The topological polar surface area (TPSA) is 46.6 Å². The quantitative estimate of drug-likeness (QED) is 0.668. The monoisotopic (exact) mass is 403 g/mol. The van der Waals surface area contributed by atoms with Crippen LogP contribution in [-0.4, -0.2) is 28.5 Å². The highest BCUT2D eigenvalue weighted by Crippen LogP contribution is 2.28. The number of benzene rings is 2. The zero-order chi connectivity index (χ0) is 20.5. The fourth-order valence-corrected chi connectivity index (χ4v) is 3.48. The molecular formula is C22H23ClFNO3. The van der Waals surface area contributed by atoms with Crippen molar-refractivity contribution in [2.45, 2.75) is 51.7 Å². The van der Waals surface area contributed by atoms with Gasteiger partial charge in [-0.3, -0.25) is 4.79 Å². The van der Waals surface area contributed by atoms with E-state index in [9.17, 15) is 14.0 Å². The van der Waals surface area contributed by atoms with Gasteiger partial charge in [0.1, 0.15) is 11.4 Å². The molecular weight excluding hydrogens is 381 g/mol. The molecule has 0 aliphatic carbocycles. The highest BCUT2D eigenvalue weighted by Gasteiger charge is 2.38. The Morgan fingerprint density at radius 2 is 1.89 bits per heavy atom. The molecule has 28 heavy (non-hydrogen) atoms. The van der Waals surface area contributed by atoms with E-state index in [1.165, 1.54) is 17.0 Å². The third-order valence-corrected chi connectivity index (χ3v) is 4.82. The van der Waals surface area contributed by atoms with Crippen LogP contribution in [0.2, 0.25) is 5.02 Å². The summed E-state index contributed by atoms with van der Waals surface area (Å²) >= 11 is 5.97. The molecule has 1 aliphatic heterocycles. The number of nitrogens with zero attached hydrogens (tertiary/aromatic N) is 1. The summed E-state index contributed by atoms with van der Waals surface area (Å²) < 4.78 is 19.4. The van der Waals surface area contributed by atoms with Gasteiger partial charge in [0.25, 0.3) is 0 Å². The van der Waals surface area contributed by atoms with Crippen LogP contribution in [0.4, 0.5) is 9.18 Å². The van der Waals surface area contributed by atoms with Crippen molar-refractivity contribution >= 4 is 23.6 Å². The highest BCUT2D eigenvalue weighted by atomic mass is 35.5. The van der Waals surface area contributed by atoms with E-state index >= 15 is 0 Å². The second-order valence-corrected chi connectivity index (χ2v) is 8.40. The number of halogens is 2. The first kappa shape index (κ1) is 20.3. The normalized spacial score (nSPS) is 17.1. The second kappa shape index (κ2) is 7.92. The summed E-state index contributed by atoms with van der Waals surface area (Å²) in [5.74, 6) is -0.550. The summed E-state index contributed by atoms with van der Waals surface area (Å²) in [7, 11) is 0. The van der Waals surface area contributed by atoms with E-state index in [0.717, 1.165) is 11.1 Å². The first-order valence-electron chi connectivity index (χ1n) is 9.23. The van der Waals surface area contributed by atoms with Crippen LogP contribution in [-0.2, 0) is 16.0 Å². The first-order valence-corrected chi connectivity index (χ1v) is 9.61. The Balaban J connectivity index is 1.75. The molecule has 0 unspecified atom stereocenters. The Morgan fingerprint density at radius 1 is 1.21 bits per heavy atom. The van der Waals surface area contributed by atoms with Gasteiger partial charge in [-0.25, -0.2) is 14.1 Å². The van der Waals surface area contributed by atoms with Gasteiger partial charge < -0.3 is 4.74 Å². The van der Waals surface area contributed by atoms with E-state index in [4.69, 9.17) is 16.3 Å². The molecule has 0 radical (unpaired) electrons. The number of hydrogen-bond donors (Lipinski definition) is 0. The molecule has 1 fully saturated rings. The van der Waals surface area contributed by atoms with Crippen molar-refractivity contribution in [2.75, 3.05) is 0 Å². The average Bonchev–Trinajstić information content (AvgIpc) is 2.97. The Morgan fingerprint density at radius 3 is 2.54 bits per heavy atom. The average molecular weight is 404 g/mol. The van der Waals surface area contributed by atoms with Crippen molar-refractivity contribution < 1.29 is 18.7 Å². The molecule has 1 heterocycles. The lowest BCUT2D eigenvalue weighted by atomic mass is 9.99.